The molecule has 1 heterocycles. The van der Waals surface area contributed by atoms with Crippen molar-refractivity contribution in [2.45, 2.75) is 44.8 Å². The number of methoxy groups -OCH3 is 1. The molecule has 0 aromatic carbocycles. The molecule has 2 unspecified atom stereocenters. The Morgan fingerprint density at radius 3 is 2.89 bits per heavy atom. The molecule has 7 nitrogen and oxygen atoms in total. The van der Waals surface area contributed by atoms with Crippen molar-refractivity contribution in [2.75, 3.05) is 24.8 Å². The lowest BCUT2D eigenvalue weighted by Crippen LogP contribution is -2.30. The summed E-state index contributed by atoms with van der Waals surface area (Å²) in [4.78, 5) is 12.2. The van der Waals surface area contributed by atoms with E-state index >= 15 is 0 Å². The van der Waals surface area contributed by atoms with E-state index in [4.69, 9.17) is 15.2 Å². The van der Waals surface area contributed by atoms with Crippen molar-refractivity contribution in [1.29, 1.82) is 0 Å². The van der Waals surface area contributed by atoms with E-state index < -0.39 is 0 Å². The maximum atomic E-state index is 5.66. The van der Waals surface area contributed by atoms with Crippen LogP contribution in [0.3, 0.4) is 0 Å². The zero-order chi connectivity index (χ0) is 13.7. The van der Waals surface area contributed by atoms with Crippen LogP contribution in [0.15, 0.2) is 0 Å². The smallest absolute Gasteiger partial charge is 0.323 e. The topological polar surface area (TPSA) is 95.2 Å². The van der Waals surface area contributed by atoms with Crippen LogP contribution in [-0.2, 0) is 4.74 Å². The molecule has 0 spiro atoms. The van der Waals surface area contributed by atoms with Crippen molar-refractivity contribution in [3.8, 4) is 6.01 Å². The van der Waals surface area contributed by atoms with Crippen LogP contribution >= 0.6 is 0 Å². The molecule has 1 aromatic rings. The summed E-state index contributed by atoms with van der Waals surface area (Å²) in [6, 6.07) is 0.481. The number of nitrogens with two attached hydrogens (primary N) is 1. The Labute approximate surface area is 112 Å². The molecule has 1 aliphatic rings. The number of anilines is 2. The number of hydrogen-bond donors (Lipinski definition) is 2. The van der Waals surface area contributed by atoms with Gasteiger partial charge in [-0.25, -0.2) is 0 Å². The Morgan fingerprint density at radius 1 is 1.32 bits per heavy atom. The average Bonchev–Trinajstić information content (AvgIpc) is 2.83. The highest BCUT2D eigenvalue weighted by molar-refractivity contribution is 5.34. The van der Waals surface area contributed by atoms with Crippen LogP contribution in [0, 0.1) is 0 Å². The van der Waals surface area contributed by atoms with Crippen molar-refractivity contribution in [3.63, 3.8) is 0 Å². The third-order valence-electron chi connectivity index (χ3n) is 3.14. The summed E-state index contributed by atoms with van der Waals surface area (Å²) in [6.07, 6.45) is 4.31. The average molecular weight is 267 g/mol. The number of ether oxygens (including phenoxy) is 2. The third kappa shape index (κ3) is 3.66. The second kappa shape index (κ2) is 6.51. The molecule has 1 fully saturated rings. The van der Waals surface area contributed by atoms with Crippen molar-refractivity contribution >= 4 is 11.9 Å². The van der Waals surface area contributed by atoms with E-state index in [0.29, 0.717) is 12.6 Å². The molecular formula is C12H21N5O2. The number of hydrogen-bond acceptors (Lipinski definition) is 7. The maximum Gasteiger partial charge on any atom is 0.323 e. The SMILES string of the molecule is CCCOc1nc(N)nc(NC2CCCC2OC)n1. The number of nitrogen functional groups attached to an aromatic ring is 1. The highest BCUT2D eigenvalue weighted by atomic mass is 16.5. The highest BCUT2D eigenvalue weighted by Gasteiger charge is 2.27. The molecule has 0 saturated heterocycles. The van der Waals surface area contributed by atoms with Gasteiger partial charge in [-0.05, 0) is 25.7 Å². The molecule has 0 amide bonds. The third-order valence-corrected chi connectivity index (χ3v) is 3.14. The van der Waals surface area contributed by atoms with Crippen molar-refractivity contribution in [1.82, 2.24) is 15.0 Å². The van der Waals surface area contributed by atoms with Gasteiger partial charge < -0.3 is 20.5 Å². The first-order chi connectivity index (χ1) is 9.22. The fourth-order valence-electron chi connectivity index (χ4n) is 2.23. The van der Waals surface area contributed by atoms with Gasteiger partial charge in [0.25, 0.3) is 0 Å². The molecular weight excluding hydrogens is 246 g/mol. The van der Waals surface area contributed by atoms with E-state index in [1.165, 1.54) is 0 Å². The summed E-state index contributed by atoms with van der Waals surface area (Å²) in [5.74, 6) is 0.614. The Bertz CT molecular complexity index is 415. The lowest BCUT2D eigenvalue weighted by molar-refractivity contribution is 0.101. The van der Waals surface area contributed by atoms with Gasteiger partial charge in [-0.2, -0.15) is 15.0 Å². The van der Waals surface area contributed by atoms with E-state index in [2.05, 4.69) is 20.3 Å². The molecule has 1 aromatic heterocycles. The van der Waals surface area contributed by atoms with E-state index in [1.807, 2.05) is 6.92 Å². The quantitative estimate of drug-likeness (QED) is 0.800. The second-order valence-corrected chi connectivity index (χ2v) is 4.60. The summed E-state index contributed by atoms with van der Waals surface area (Å²) < 4.78 is 10.8. The van der Waals surface area contributed by atoms with Crippen molar-refractivity contribution in [2.24, 2.45) is 0 Å². The second-order valence-electron chi connectivity index (χ2n) is 4.60. The van der Waals surface area contributed by atoms with Gasteiger partial charge in [0.1, 0.15) is 0 Å². The molecule has 2 rings (SSSR count). The van der Waals surface area contributed by atoms with Gasteiger partial charge in [0.15, 0.2) is 0 Å². The number of nitrogens with one attached hydrogen (secondary N) is 1. The molecule has 0 radical (unpaired) electrons. The molecule has 0 bridgehead atoms. The predicted octanol–water partition coefficient (Wildman–Crippen LogP) is 1.22. The molecule has 19 heavy (non-hydrogen) atoms. The molecule has 2 atom stereocenters. The van der Waals surface area contributed by atoms with Gasteiger partial charge in [-0.3, -0.25) is 0 Å². The summed E-state index contributed by atoms with van der Waals surface area (Å²) in [5.41, 5.74) is 5.66. The lowest BCUT2D eigenvalue weighted by Gasteiger charge is -2.19. The van der Waals surface area contributed by atoms with Crippen LogP contribution in [0.2, 0.25) is 0 Å². The van der Waals surface area contributed by atoms with Crippen LogP contribution in [0.5, 0.6) is 6.01 Å². The standard InChI is InChI=1S/C12H21N5O2/c1-3-7-19-12-16-10(13)15-11(17-12)14-8-5-4-6-9(8)18-2/h8-9H,3-7H2,1-2H3,(H3,13,14,15,16,17). The van der Waals surface area contributed by atoms with Gasteiger partial charge in [-0.1, -0.05) is 6.92 Å². The summed E-state index contributed by atoms with van der Waals surface area (Å²) in [5, 5.41) is 3.25. The minimum atomic E-state index is 0.163. The minimum Gasteiger partial charge on any atom is -0.463 e. The fourth-order valence-corrected chi connectivity index (χ4v) is 2.23. The van der Waals surface area contributed by atoms with Gasteiger partial charge in [0.05, 0.1) is 18.8 Å². The summed E-state index contributed by atoms with van der Waals surface area (Å²) in [6.45, 7) is 2.58. The number of nitrogens with zero attached hydrogens (tertiary/aromatic N) is 3. The van der Waals surface area contributed by atoms with Crippen LogP contribution in [0.4, 0.5) is 11.9 Å². The van der Waals surface area contributed by atoms with Crippen molar-refractivity contribution < 1.29 is 9.47 Å². The zero-order valence-corrected chi connectivity index (χ0v) is 11.4. The monoisotopic (exact) mass is 267 g/mol. The number of aromatic nitrogens is 3. The van der Waals surface area contributed by atoms with Gasteiger partial charge in [0, 0.05) is 7.11 Å². The fraction of sp³-hybridized carbons (Fsp3) is 0.750. The van der Waals surface area contributed by atoms with Crippen molar-refractivity contribution in [3.05, 3.63) is 0 Å². The normalized spacial score (nSPS) is 22.4. The molecule has 3 N–H and O–H groups in total. The maximum absolute atomic E-state index is 5.66. The molecule has 106 valence electrons. The Balaban J connectivity index is 2.04. The van der Waals surface area contributed by atoms with Gasteiger partial charge in [0.2, 0.25) is 11.9 Å². The predicted molar refractivity (Wildman–Crippen MR) is 72.1 cm³/mol. The summed E-state index contributed by atoms with van der Waals surface area (Å²) in [7, 11) is 1.72. The molecule has 1 aliphatic carbocycles. The zero-order valence-electron chi connectivity index (χ0n) is 11.4. The first-order valence-electron chi connectivity index (χ1n) is 6.66. The van der Waals surface area contributed by atoms with Gasteiger partial charge >= 0.3 is 6.01 Å². The van der Waals surface area contributed by atoms with E-state index in [9.17, 15) is 0 Å². The van der Waals surface area contributed by atoms with Crippen LogP contribution < -0.4 is 15.8 Å². The van der Waals surface area contributed by atoms with E-state index in [1.54, 1.807) is 7.11 Å². The molecule has 1 saturated carbocycles. The van der Waals surface area contributed by atoms with E-state index in [0.717, 1.165) is 25.7 Å². The Hall–Kier alpha value is -1.63. The first kappa shape index (κ1) is 13.8. The molecule has 7 heteroatoms. The minimum absolute atomic E-state index is 0.163. The van der Waals surface area contributed by atoms with Crippen LogP contribution in [-0.4, -0.2) is 40.8 Å². The Morgan fingerprint density at radius 2 is 2.16 bits per heavy atom. The summed E-state index contributed by atoms with van der Waals surface area (Å²) >= 11 is 0. The Kier molecular flexibility index (Phi) is 4.73. The van der Waals surface area contributed by atoms with Crippen LogP contribution in [0.1, 0.15) is 32.6 Å². The number of rotatable bonds is 6. The van der Waals surface area contributed by atoms with Crippen LogP contribution in [0.25, 0.3) is 0 Å². The largest absolute Gasteiger partial charge is 0.463 e. The highest BCUT2D eigenvalue weighted by Crippen LogP contribution is 2.24. The van der Waals surface area contributed by atoms with E-state index in [-0.39, 0.29) is 24.1 Å². The first-order valence-corrected chi connectivity index (χ1v) is 6.66. The lowest BCUT2D eigenvalue weighted by atomic mass is 10.2. The van der Waals surface area contributed by atoms with Gasteiger partial charge in [-0.15, -0.1) is 0 Å². The molecule has 0 aliphatic heterocycles.